The number of hydrogen-bond acceptors (Lipinski definition) is 2. The highest BCUT2D eigenvalue weighted by molar-refractivity contribution is 7.98. The molecule has 1 unspecified atom stereocenters. The van der Waals surface area contributed by atoms with Gasteiger partial charge in [0.2, 0.25) is 0 Å². The average Bonchev–Trinajstić information content (AvgIpc) is 2.67. The van der Waals surface area contributed by atoms with Crippen LogP contribution in [0.4, 0.5) is 0 Å². The maximum absolute atomic E-state index is 5.99. The summed E-state index contributed by atoms with van der Waals surface area (Å²) in [7, 11) is 0. The van der Waals surface area contributed by atoms with E-state index in [-0.39, 0.29) is 0 Å². The first-order valence-electron chi connectivity index (χ1n) is 5.82. The number of nitrogens with one attached hydrogen (secondary N) is 1. The van der Waals surface area contributed by atoms with Gasteiger partial charge in [-0.15, -0.1) is 0 Å². The topological polar surface area (TPSA) is 12.0 Å². The van der Waals surface area contributed by atoms with Gasteiger partial charge in [0.05, 0.1) is 0 Å². The van der Waals surface area contributed by atoms with Gasteiger partial charge in [-0.2, -0.15) is 11.8 Å². The van der Waals surface area contributed by atoms with Gasteiger partial charge in [-0.05, 0) is 61.1 Å². The van der Waals surface area contributed by atoms with Crippen LogP contribution in [0.15, 0.2) is 18.2 Å². The lowest BCUT2D eigenvalue weighted by Gasteiger charge is -2.13. The van der Waals surface area contributed by atoms with Crippen LogP contribution in [0.5, 0.6) is 0 Å². The molecule has 3 heteroatoms. The van der Waals surface area contributed by atoms with E-state index >= 15 is 0 Å². The van der Waals surface area contributed by atoms with Gasteiger partial charge in [0, 0.05) is 11.1 Å². The first-order valence-corrected chi connectivity index (χ1v) is 7.59. The molecule has 0 saturated carbocycles. The summed E-state index contributed by atoms with van der Waals surface area (Å²) >= 11 is 7.91. The van der Waals surface area contributed by atoms with Crippen molar-refractivity contribution in [1.82, 2.24) is 5.32 Å². The van der Waals surface area contributed by atoms with Crippen LogP contribution in [0.2, 0.25) is 5.02 Å². The fraction of sp³-hybridized carbons (Fsp3) is 0.538. The van der Waals surface area contributed by atoms with Gasteiger partial charge in [0.15, 0.2) is 0 Å². The summed E-state index contributed by atoms with van der Waals surface area (Å²) in [4.78, 5) is 0. The normalized spacial score (nSPS) is 18.8. The van der Waals surface area contributed by atoms with E-state index in [2.05, 4.69) is 23.7 Å². The Morgan fingerprint density at radius 1 is 1.50 bits per heavy atom. The predicted molar refractivity (Wildman–Crippen MR) is 73.5 cm³/mol. The quantitative estimate of drug-likeness (QED) is 0.806. The van der Waals surface area contributed by atoms with Crippen molar-refractivity contribution >= 4 is 23.4 Å². The van der Waals surface area contributed by atoms with Crippen molar-refractivity contribution in [3.05, 3.63) is 34.3 Å². The molecule has 1 atom stereocenters. The molecule has 0 radical (unpaired) electrons. The van der Waals surface area contributed by atoms with Crippen LogP contribution in [0.3, 0.4) is 0 Å². The predicted octanol–water partition coefficient (Wildman–Crippen LogP) is 3.67. The Labute approximate surface area is 107 Å². The maximum Gasteiger partial charge on any atom is 0.0408 e. The molecule has 0 aromatic heterocycles. The van der Waals surface area contributed by atoms with E-state index in [1.165, 1.54) is 29.7 Å². The van der Waals surface area contributed by atoms with E-state index in [0.29, 0.717) is 6.04 Å². The highest BCUT2D eigenvalue weighted by Gasteiger charge is 2.21. The molecule has 1 aromatic carbocycles. The molecule has 1 aromatic rings. The number of aryl methyl sites for hydroxylation is 1. The molecule has 1 aliphatic carbocycles. The molecular formula is C13H18ClNS. The van der Waals surface area contributed by atoms with Gasteiger partial charge in [0.1, 0.15) is 0 Å². The van der Waals surface area contributed by atoms with Crippen LogP contribution in [0.1, 0.15) is 30.0 Å². The Kier molecular flexibility index (Phi) is 4.56. The molecule has 16 heavy (non-hydrogen) atoms. The molecule has 0 bridgehead atoms. The van der Waals surface area contributed by atoms with Gasteiger partial charge in [-0.25, -0.2) is 0 Å². The van der Waals surface area contributed by atoms with Gasteiger partial charge in [0.25, 0.3) is 0 Å². The van der Waals surface area contributed by atoms with Crippen LogP contribution < -0.4 is 5.32 Å². The second-order valence-corrected chi connectivity index (χ2v) is 5.66. The van der Waals surface area contributed by atoms with Crippen LogP contribution in [0, 0.1) is 0 Å². The zero-order valence-electron chi connectivity index (χ0n) is 9.63. The SMILES string of the molecule is CSCCCNC1CCc2cc(Cl)ccc21. The van der Waals surface area contributed by atoms with Gasteiger partial charge in [-0.3, -0.25) is 0 Å². The van der Waals surface area contributed by atoms with E-state index in [4.69, 9.17) is 11.6 Å². The molecule has 1 nitrogen and oxygen atoms in total. The number of benzene rings is 1. The fourth-order valence-corrected chi connectivity index (χ4v) is 2.92. The van der Waals surface area contributed by atoms with E-state index in [1.807, 2.05) is 17.8 Å². The van der Waals surface area contributed by atoms with E-state index in [9.17, 15) is 0 Å². The van der Waals surface area contributed by atoms with Crippen molar-refractivity contribution in [1.29, 1.82) is 0 Å². The summed E-state index contributed by atoms with van der Waals surface area (Å²) in [6.45, 7) is 1.12. The Hall–Kier alpha value is -0.180. The molecule has 1 N–H and O–H groups in total. The average molecular weight is 256 g/mol. The number of halogens is 1. The highest BCUT2D eigenvalue weighted by Crippen LogP contribution is 2.32. The summed E-state index contributed by atoms with van der Waals surface area (Å²) in [5, 5.41) is 4.50. The summed E-state index contributed by atoms with van der Waals surface area (Å²) in [6.07, 6.45) is 5.79. The largest absolute Gasteiger partial charge is 0.310 e. The van der Waals surface area contributed by atoms with E-state index in [0.717, 1.165) is 18.0 Å². The third-order valence-corrected chi connectivity index (χ3v) is 4.03. The lowest BCUT2D eigenvalue weighted by atomic mass is 10.1. The first kappa shape index (κ1) is 12.3. The molecule has 1 aliphatic rings. The van der Waals surface area contributed by atoms with E-state index in [1.54, 1.807) is 0 Å². The number of fused-ring (bicyclic) bond motifs is 1. The Bertz CT molecular complexity index is 354. The van der Waals surface area contributed by atoms with Gasteiger partial charge in [-0.1, -0.05) is 17.7 Å². The molecule has 0 fully saturated rings. The standard InChI is InChI=1S/C13H18ClNS/c1-16-8-2-7-15-13-6-3-10-9-11(14)4-5-12(10)13/h4-5,9,13,15H,2-3,6-8H2,1H3. The molecule has 0 amide bonds. The van der Waals surface area contributed by atoms with E-state index < -0.39 is 0 Å². The van der Waals surface area contributed by atoms with Crippen LogP contribution in [-0.4, -0.2) is 18.6 Å². The zero-order chi connectivity index (χ0) is 11.4. The fourth-order valence-electron chi connectivity index (χ4n) is 2.29. The second-order valence-electron chi connectivity index (χ2n) is 4.23. The smallest absolute Gasteiger partial charge is 0.0408 e. The lowest BCUT2D eigenvalue weighted by molar-refractivity contribution is 0.530. The molecule has 0 heterocycles. The third-order valence-electron chi connectivity index (χ3n) is 3.10. The number of rotatable bonds is 5. The summed E-state index contributed by atoms with van der Waals surface area (Å²) in [5.41, 5.74) is 2.88. The molecule has 2 rings (SSSR count). The lowest BCUT2D eigenvalue weighted by Crippen LogP contribution is -2.20. The zero-order valence-corrected chi connectivity index (χ0v) is 11.2. The van der Waals surface area contributed by atoms with Gasteiger partial charge < -0.3 is 5.32 Å². The van der Waals surface area contributed by atoms with Crippen LogP contribution >= 0.6 is 23.4 Å². The summed E-state index contributed by atoms with van der Waals surface area (Å²) < 4.78 is 0. The Balaban J connectivity index is 1.91. The van der Waals surface area contributed by atoms with Crippen molar-refractivity contribution in [2.24, 2.45) is 0 Å². The van der Waals surface area contributed by atoms with Crippen LogP contribution in [0.25, 0.3) is 0 Å². The summed E-state index contributed by atoms with van der Waals surface area (Å²) in [5.74, 6) is 1.24. The van der Waals surface area contributed by atoms with Crippen molar-refractivity contribution in [2.45, 2.75) is 25.3 Å². The van der Waals surface area contributed by atoms with Crippen molar-refractivity contribution < 1.29 is 0 Å². The minimum absolute atomic E-state index is 0.550. The maximum atomic E-state index is 5.99. The minimum atomic E-state index is 0.550. The second kappa shape index (κ2) is 5.95. The monoisotopic (exact) mass is 255 g/mol. The van der Waals surface area contributed by atoms with Crippen molar-refractivity contribution in [3.8, 4) is 0 Å². The Morgan fingerprint density at radius 2 is 2.38 bits per heavy atom. The number of hydrogen-bond donors (Lipinski definition) is 1. The minimum Gasteiger partial charge on any atom is -0.310 e. The molecule has 0 spiro atoms. The third kappa shape index (κ3) is 2.93. The van der Waals surface area contributed by atoms with Crippen molar-refractivity contribution in [2.75, 3.05) is 18.6 Å². The molecule has 0 aliphatic heterocycles. The number of thioether (sulfide) groups is 1. The molecule has 0 saturated heterocycles. The molecule has 88 valence electrons. The van der Waals surface area contributed by atoms with Crippen molar-refractivity contribution in [3.63, 3.8) is 0 Å². The van der Waals surface area contributed by atoms with Gasteiger partial charge >= 0.3 is 0 Å². The highest BCUT2D eigenvalue weighted by atomic mass is 35.5. The molecular weight excluding hydrogens is 238 g/mol. The summed E-state index contributed by atoms with van der Waals surface area (Å²) in [6, 6.07) is 6.84. The first-order chi connectivity index (χ1) is 7.81. The Morgan fingerprint density at radius 3 is 3.19 bits per heavy atom. The van der Waals surface area contributed by atoms with Crippen LogP contribution in [-0.2, 0) is 6.42 Å².